The van der Waals surface area contributed by atoms with Crippen molar-refractivity contribution in [2.24, 2.45) is 0 Å². The maximum Gasteiger partial charge on any atom is 0.302 e. The fourth-order valence-electron chi connectivity index (χ4n) is 1.41. The van der Waals surface area contributed by atoms with Gasteiger partial charge < -0.3 is 4.74 Å². The quantitative estimate of drug-likeness (QED) is 0.744. The van der Waals surface area contributed by atoms with E-state index in [1.807, 2.05) is 19.1 Å². The van der Waals surface area contributed by atoms with E-state index in [0.717, 1.165) is 11.1 Å². The molecule has 5 heteroatoms. The van der Waals surface area contributed by atoms with Gasteiger partial charge in [0, 0.05) is 0 Å². The van der Waals surface area contributed by atoms with Crippen LogP contribution in [-0.4, -0.2) is 21.3 Å². The van der Waals surface area contributed by atoms with Gasteiger partial charge in [-0.25, -0.2) is 0 Å². The highest BCUT2D eigenvalue weighted by Crippen LogP contribution is 2.22. The molecule has 1 rings (SSSR count). The highest BCUT2D eigenvalue weighted by Gasteiger charge is 2.12. The number of methoxy groups -OCH3 is 1. The Bertz CT molecular complexity index is 440. The summed E-state index contributed by atoms with van der Waals surface area (Å²) in [4.78, 5) is 0. The van der Waals surface area contributed by atoms with E-state index in [1.165, 1.54) is 7.11 Å². The fourth-order valence-corrected chi connectivity index (χ4v) is 1.86. The molecule has 0 saturated carbocycles. The average molecular weight is 232 g/mol. The van der Waals surface area contributed by atoms with Crippen molar-refractivity contribution in [1.29, 1.82) is 0 Å². The van der Waals surface area contributed by atoms with Gasteiger partial charge in [0.15, 0.2) is 0 Å². The SMILES string of the molecule is COc1cccc(C)c1CCS(=O)(=O)F. The molecule has 0 unspecified atom stereocenters. The molecule has 0 radical (unpaired) electrons. The molecule has 0 saturated heterocycles. The molecule has 0 amide bonds. The summed E-state index contributed by atoms with van der Waals surface area (Å²) < 4.78 is 38.3. The zero-order valence-corrected chi connectivity index (χ0v) is 9.47. The number of aryl methyl sites for hydroxylation is 1. The molecule has 0 N–H and O–H groups in total. The van der Waals surface area contributed by atoms with Crippen molar-refractivity contribution in [1.82, 2.24) is 0 Å². The van der Waals surface area contributed by atoms with Gasteiger partial charge in [0.05, 0.1) is 12.9 Å². The zero-order valence-electron chi connectivity index (χ0n) is 8.66. The van der Waals surface area contributed by atoms with Crippen LogP contribution < -0.4 is 4.74 Å². The minimum atomic E-state index is -4.42. The molecule has 3 nitrogen and oxygen atoms in total. The van der Waals surface area contributed by atoms with Crippen molar-refractivity contribution in [2.45, 2.75) is 13.3 Å². The Kier molecular flexibility index (Phi) is 3.68. The van der Waals surface area contributed by atoms with Crippen molar-refractivity contribution < 1.29 is 17.0 Å². The average Bonchev–Trinajstić information content (AvgIpc) is 2.14. The first kappa shape index (κ1) is 12.0. The molecule has 0 aliphatic carbocycles. The summed E-state index contributed by atoms with van der Waals surface area (Å²) >= 11 is 0. The molecule has 0 heterocycles. The van der Waals surface area contributed by atoms with Gasteiger partial charge in [-0.15, -0.1) is 3.89 Å². The van der Waals surface area contributed by atoms with Gasteiger partial charge in [-0.1, -0.05) is 12.1 Å². The summed E-state index contributed by atoms with van der Waals surface area (Å²) in [6, 6.07) is 5.37. The monoisotopic (exact) mass is 232 g/mol. The number of hydrogen-bond donors (Lipinski definition) is 0. The molecule has 0 aliphatic rings. The van der Waals surface area contributed by atoms with Crippen LogP contribution in [0.15, 0.2) is 18.2 Å². The fraction of sp³-hybridized carbons (Fsp3) is 0.400. The first-order valence-electron chi connectivity index (χ1n) is 4.49. The minimum Gasteiger partial charge on any atom is -0.496 e. The lowest BCUT2D eigenvalue weighted by Crippen LogP contribution is -2.05. The third-order valence-electron chi connectivity index (χ3n) is 2.18. The van der Waals surface area contributed by atoms with E-state index in [1.54, 1.807) is 6.07 Å². The smallest absolute Gasteiger partial charge is 0.302 e. The van der Waals surface area contributed by atoms with E-state index >= 15 is 0 Å². The molecule has 84 valence electrons. The third kappa shape index (κ3) is 3.51. The molecule has 15 heavy (non-hydrogen) atoms. The molecule has 0 aromatic heterocycles. The van der Waals surface area contributed by atoms with Crippen molar-refractivity contribution >= 4 is 10.2 Å². The number of ether oxygens (including phenoxy) is 1. The van der Waals surface area contributed by atoms with Gasteiger partial charge in [-0.2, -0.15) is 8.42 Å². The molecule has 0 spiro atoms. The number of hydrogen-bond acceptors (Lipinski definition) is 3. The van der Waals surface area contributed by atoms with Crippen LogP contribution in [0.5, 0.6) is 5.75 Å². The summed E-state index contributed by atoms with van der Waals surface area (Å²) in [7, 11) is -2.92. The van der Waals surface area contributed by atoms with Crippen LogP contribution in [0.3, 0.4) is 0 Å². The molecular formula is C10H13FO3S. The minimum absolute atomic E-state index is 0.134. The van der Waals surface area contributed by atoms with Crippen LogP contribution in [0.4, 0.5) is 3.89 Å². The van der Waals surface area contributed by atoms with E-state index in [2.05, 4.69) is 0 Å². The zero-order chi connectivity index (χ0) is 11.5. The standard InChI is InChI=1S/C10H13FO3S/c1-8-4-3-5-10(14-2)9(8)6-7-15(11,12)13/h3-5H,6-7H2,1-2H3. The van der Waals surface area contributed by atoms with E-state index in [-0.39, 0.29) is 6.42 Å². The van der Waals surface area contributed by atoms with E-state index in [0.29, 0.717) is 5.75 Å². The second-order valence-corrected chi connectivity index (χ2v) is 4.73. The normalized spacial score (nSPS) is 11.4. The number of halogens is 1. The molecule has 0 bridgehead atoms. The maximum atomic E-state index is 12.4. The Labute approximate surface area is 89.1 Å². The van der Waals surface area contributed by atoms with Gasteiger partial charge in [-0.05, 0) is 30.5 Å². The largest absolute Gasteiger partial charge is 0.496 e. The molecular weight excluding hydrogens is 219 g/mol. The van der Waals surface area contributed by atoms with Crippen molar-refractivity contribution in [3.8, 4) is 5.75 Å². The Balaban J connectivity index is 2.93. The molecule has 1 aromatic rings. The molecule has 1 aromatic carbocycles. The molecule has 0 atom stereocenters. The third-order valence-corrected chi connectivity index (χ3v) is 2.87. The predicted octanol–water partition coefficient (Wildman–Crippen LogP) is 1.85. The lowest BCUT2D eigenvalue weighted by atomic mass is 10.1. The van der Waals surface area contributed by atoms with E-state index in [9.17, 15) is 12.3 Å². The summed E-state index contributed by atoms with van der Waals surface area (Å²) in [6.07, 6.45) is 0.134. The van der Waals surface area contributed by atoms with Crippen molar-refractivity contribution in [3.63, 3.8) is 0 Å². The van der Waals surface area contributed by atoms with Gasteiger partial charge in [0.1, 0.15) is 5.75 Å². The number of benzene rings is 1. The van der Waals surface area contributed by atoms with E-state index < -0.39 is 16.0 Å². The van der Waals surface area contributed by atoms with Gasteiger partial charge in [0.25, 0.3) is 0 Å². The summed E-state index contributed by atoms with van der Waals surface area (Å²) in [5, 5.41) is 0. The second kappa shape index (κ2) is 4.61. The molecule has 0 aliphatic heterocycles. The highest BCUT2D eigenvalue weighted by atomic mass is 32.3. The van der Waals surface area contributed by atoms with Crippen molar-refractivity contribution in [2.75, 3.05) is 12.9 Å². The lowest BCUT2D eigenvalue weighted by molar-refractivity contribution is 0.409. The van der Waals surface area contributed by atoms with Crippen LogP contribution in [0.25, 0.3) is 0 Å². The van der Waals surface area contributed by atoms with E-state index in [4.69, 9.17) is 4.74 Å². The first-order chi connectivity index (χ1) is 6.94. The maximum absolute atomic E-state index is 12.4. The topological polar surface area (TPSA) is 43.4 Å². The Hall–Kier alpha value is -1.10. The van der Waals surface area contributed by atoms with Crippen LogP contribution >= 0.6 is 0 Å². The van der Waals surface area contributed by atoms with Crippen molar-refractivity contribution in [3.05, 3.63) is 29.3 Å². The Morgan fingerprint density at radius 2 is 2.07 bits per heavy atom. The Morgan fingerprint density at radius 1 is 1.40 bits per heavy atom. The van der Waals surface area contributed by atoms with Gasteiger partial charge in [0.2, 0.25) is 0 Å². The number of rotatable bonds is 4. The van der Waals surface area contributed by atoms with Crippen LogP contribution in [-0.2, 0) is 16.6 Å². The second-order valence-electron chi connectivity index (χ2n) is 3.25. The summed E-state index contributed by atoms with van der Waals surface area (Å²) in [6.45, 7) is 1.84. The van der Waals surface area contributed by atoms with Gasteiger partial charge >= 0.3 is 10.2 Å². The van der Waals surface area contributed by atoms with Crippen LogP contribution in [0, 0.1) is 6.92 Å². The lowest BCUT2D eigenvalue weighted by Gasteiger charge is -2.09. The Morgan fingerprint density at radius 3 is 2.60 bits per heavy atom. The predicted molar refractivity (Wildman–Crippen MR) is 56.3 cm³/mol. The highest BCUT2D eigenvalue weighted by molar-refractivity contribution is 7.86. The van der Waals surface area contributed by atoms with Crippen LogP contribution in [0.1, 0.15) is 11.1 Å². The summed E-state index contributed by atoms with van der Waals surface area (Å²) in [5.74, 6) is 0.0902. The molecule has 0 fully saturated rings. The van der Waals surface area contributed by atoms with Crippen LogP contribution in [0.2, 0.25) is 0 Å². The summed E-state index contributed by atoms with van der Waals surface area (Å²) in [5.41, 5.74) is 1.64. The first-order valence-corrected chi connectivity index (χ1v) is 6.04. The van der Waals surface area contributed by atoms with Gasteiger partial charge in [-0.3, -0.25) is 0 Å².